The van der Waals surface area contributed by atoms with Crippen LogP contribution in [0.25, 0.3) is 11.0 Å². The Morgan fingerprint density at radius 2 is 2.11 bits per heavy atom. The quantitative estimate of drug-likeness (QED) is 0.778. The van der Waals surface area contributed by atoms with Gasteiger partial charge in [0, 0.05) is 12.0 Å². The minimum Gasteiger partial charge on any atom is -0.387 e. The summed E-state index contributed by atoms with van der Waals surface area (Å²) in [5.41, 5.74) is 2.83. The Labute approximate surface area is 107 Å². The SMILES string of the molecule is CNCC(O)c1ccc2nc(C(C)(C)C)[nH]c2c1. The van der Waals surface area contributed by atoms with Crippen LogP contribution in [0.15, 0.2) is 18.2 Å². The Kier molecular flexibility index (Phi) is 3.41. The van der Waals surface area contributed by atoms with E-state index >= 15 is 0 Å². The van der Waals surface area contributed by atoms with E-state index in [1.165, 1.54) is 0 Å². The molecule has 18 heavy (non-hydrogen) atoms. The molecule has 1 heterocycles. The zero-order valence-corrected chi connectivity index (χ0v) is 11.4. The Hall–Kier alpha value is -1.39. The Bertz CT molecular complexity index is 539. The number of likely N-dealkylation sites (N-methyl/N-ethyl adjacent to an activating group) is 1. The standard InChI is InChI=1S/C14H21N3O/c1-14(2,3)13-16-10-6-5-9(7-11(10)17-13)12(18)8-15-4/h5-7,12,15,18H,8H2,1-4H3,(H,16,17). The summed E-state index contributed by atoms with van der Waals surface area (Å²) >= 11 is 0. The van der Waals surface area contributed by atoms with E-state index in [9.17, 15) is 5.11 Å². The lowest BCUT2D eigenvalue weighted by atomic mass is 9.96. The van der Waals surface area contributed by atoms with Crippen LogP contribution >= 0.6 is 0 Å². The first-order valence-corrected chi connectivity index (χ1v) is 6.24. The summed E-state index contributed by atoms with van der Waals surface area (Å²) in [5, 5.41) is 12.9. The van der Waals surface area contributed by atoms with E-state index in [4.69, 9.17) is 0 Å². The number of imidazole rings is 1. The van der Waals surface area contributed by atoms with Crippen molar-refractivity contribution in [3.63, 3.8) is 0 Å². The molecular formula is C14H21N3O. The van der Waals surface area contributed by atoms with Crippen molar-refractivity contribution in [2.75, 3.05) is 13.6 Å². The molecular weight excluding hydrogens is 226 g/mol. The van der Waals surface area contributed by atoms with Gasteiger partial charge in [-0.3, -0.25) is 0 Å². The molecule has 3 N–H and O–H groups in total. The average Bonchev–Trinajstić information content (AvgIpc) is 2.71. The molecule has 4 heteroatoms. The number of aromatic amines is 1. The number of nitrogens with zero attached hydrogens (tertiary/aromatic N) is 1. The second-order valence-electron chi connectivity index (χ2n) is 5.69. The molecule has 98 valence electrons. The summed E-state index contributed by atoms with van der Waals surface area (Å²) < 4.78 is 0. The molecule has 4 nitrogen and oxygen atoms in total. The third kappa shape index (κ3) is 2.54. The van der Waals surface area contributed by atoms with Gasteiger partial charge in [-0.1, -0.05) is 26.8 Å². The summed E-state index contributed by atoms with van der Waals surface area (Å²) in [6, 6.07) is 5.85. The lowest BCUT2D eigenvalue weighted by Crippen LogP contribution is -2.16. The Balaban J connectivity index is 2.40. The van der Waals surface area contributed by atoms with Crippen molar-refractivity contribution in [1.82, 2.24) is 15.3 Å². The van der Waals surface area contributed by atoms with Gasteiger partial charge in [-0.25, -0.2) is 4.98 Å². The summed E-state index contributed by atoms with van der Waals surface area (Å²) in [4.78, 5) is 7.91. The predicted octanol–water partition coefficient (Wildman–Crippen LogP) is 2.11. The number of aliphatic hydroxyl groups is 1. The molecule has 1 aromatic carbocycles. The van der Waals surface area contributed by atoms with Crippen LogP contribution in [-0.2, 0) is 5.41 Å². The summed E-state index contributed by atoms with van der Waals surface area (Å²) in [7, 11) is 1.83. The highest BCUT2D eigenvalue weighted by molar-refractivity contribution is 5.76. The Morgan fingerprint density at radius 3 is 2.72 bits per heavy atom. The monoisotopic (exact) mass is 247 g/mol. The van der Waals surface area contributed by atoms with Crippen LogP contribution in [0.5, 0.6) is 0 Å². The van der Waals surface area contributed by atoms with E-state index in [0.29, 0.717) is 6.54 Å². The van der Waals surface area contributed by atoms with Crippen molar-refractivity contribution < 1.29 is 5.11 Å². The van der Waals surface area contributed by atoms with E-state index in [1.54, 1.807) is 0 Å². The fraction of sp³-hybridized carbons (Fsp3) is 0.500. The molecule has 1 aromatic heterocycles. The second-order valence-corrected chi connectivity index (χ2v) is 5.69. The molecule has 0 spiro atoms. The zero-order chi connectivity index (χ0) is 13.3. The number of nitrogens with one attached hydrogen (secondary N) is 2. The van der Waals surface area contributed by atoms with Crippen molar-refractivity contribution in [2.45, 2.75) is 32.3 Å². The molecule has 2 rings (SSSR count). The maximum Gasteiger partial charge on any atom is 0.112 e. The van der Waals surface area contributed by atoms with Gasteiger partial charge in [0.25, 0.3) is 0 Å². The highest BCUT2D eigenvalue weighted by Crippen LogP contribution is 2.24. The number of hydrogen-bond acceptors (Lipinski definition) is 3. The van der Waals surface area contributed by atoms with Crippen LogP contribution in [0, 0.1) is 0 Å². The van der Waals surface area contributed by atoms with Crippen LogP contribution in [-0.4, -0.2) is 28.7 Å². The van der Waals surface area contributed by atoms with Crippen molar-refractivity contribution in [1.29, 1.82) is 0 Å². The number of benzene rings is 1. The number of H-pyrrole nitrogens is 1. The number of hydrogen-bond donors (Lipinski definition) is 3. The van der Waals surface area contributed by atoms with Crippen molar-refractivity contribution in [3.8, 4) is 0 Å². The number of rotatable bonds is 3. The number of aromatic nitrogens is 2. The molecule has 1 unspecified atom stereocenters. The molecule has 1 atom stereocenters. The lowest BCUT2D eigenvalue weighted by Gasteiger charge is -2.13. The fourth-order valence-electron chi connectivity index (χ4n) is 1.90. The van der Waals surface area contributed by atoms with Gasteiger partial charge in [0.15, 0.2) is 0 Å². The molecule has 2 aromatic rings. The van der Waals surface area contributed by atoms with Crippen LogP contribution in [0.4, 0.5) is 0 Å². The van der Waals surface area contributed by atoms with Gasteiger partial charge in [-0.15, -0.1) is 0 Å². The summed E-state index contributed by atoms with van der Waals surface area (Å²) in [5.74, 6) is 0.970. The molecule has 0 saturated heterocycles. The topological polar surface area (TPSA) is 60.9 Å². The van der Waals surface area contributed by atoms with Gasteiger partial charge in [0.1, 0.15) is 5.82 Å². The van der Waals surface area contributed by atoms with E-state index in [-0.39, 0.29) is 5.41 Å². The molecule has 0 aliphatic carbocycles. The summed E-state index contributed by atoms with van der Waals surface area (Å²) in [6.45, 7) is 6.93. The van der Waals surface area contributed by atoms with E-state index in [1.807, 2.05) is 25.2 Å². The second kappa shape index (κ2) is 4.71. The van der Waals surface area contributed by atoms with E-state index < -0.39 is 6.10 Å². The van der Waals surface area contributed by atoms with Gasteiger partial charge < -0.3 is 15.4 Å². The fourth-order valence-corrected chi connectivity index (χ4v) is 1.90. The normalized spacial score (nSPS) is 14.1. The molecule has 0 radical (unpaired) electrons. The minimum atomic E-state index is -0.485. The number of fused-ring (bicyclic) bond motifs is 1. The first-order valence-electron chi connectivity index (χ1n) is 6.24. The number of aliphatic hydroxyl groups excluding tert-OH is 1. The van der Waals surface area contributed by atoms with Crippen LogP contribution < -0.4 is 5.32 Å². The minimum absolute atomic E-state index is 0.00275. The van der Waals surface area contributed by atoms with Gasteiger partial charge in [0.05, 0.1) is 17.1 Å². The highest BCUT2D eigenvalue weighted by Gasteiger charge is 2.18. The Morgan fingerprint density at radius 1 is 1.39 bits per heavy atom. The van der Waals surface area contributed by atoms with Crippen molar-refractivity contribution in [2.24, 2.45) is 0 Å². The first-order chi connectivity index (χ1) is 8.41. The third-order valence-corrected chi connectivity index (χ3v) is 3.00. The first kappa shape index (κ1) is 13.1. The largest absolute Gasteiger partial charge is 0.387 e. The van der Waals surface area contributed by atoms with Gasteiger partial charge in [-0.05, 0) is 24.7 Å². The van der Waals surface area contributed by atoms with Gasteiger partial charge >= 0.3 is 0 Å². The van der Waals surface area contributed by atoms with Crippen molar-refractivity contribution >= 4 is 11.0 Å². The maximum absolute atomic E-state index is 9.95. The lowest BCUT2D eigenvalue weighted by molar-refractivity contribution is 0.178. The molecule has 0 bridgehead atoms. The molecule has 0 amide bonds. The molecule has 0 aliphatic rings. The predicted molar refractivity (Wildman–Crippen MR) is 73.7 cm³/mol. The molecule has 0 aliphatic heterocycles. The smallest absolute Gasteiger partial charge is 0.112 e. The van der Waals surface area contributed by atoms with E-state index in [0.717, 1.165) is 22.4 Å². The van der Waals surface area contributed by atoms with Crippen LogP contribution in [0.3, 0.4) is 0 Å². The van der Waals surface area contributed by atoms with Crippen LogP contribution in [0.1, 0.15) is 38.3 Å². The van der Waals surface area contributed by atoms with Gasteiger partial charge in [-0.2, -0.15) is 0 Å². The summed E-state index contributed by atoms with van der Waals surface area (Å²) in [6.07, 6.45) is -0.485. The van der Waals surface area contributed by atoms with Gasteiger partial charge in [0.2, 0.25) is 0 Å². The third-order valence-electron chi connectivity index (χ3n) is 3.00. The zero-order valence-electron chi connectivity index (χ0n) is 11.4. The van der Waals surface area contributed by atoms with E-state index in [2.05, 4.69) is 36.1 Å². The molecule has 0 fully saturated rings. The highest BCUT2D eigenvalue weighted by atomic mass is 16.3. The van der Waals surface area contributed by atoms with Crippen molar-refractivity contribution in [3.05, 3.63) is 29.6 Å². The van der Waals surface area contributed by atoms with Crippen LogP contribution in [0.2, 0.25) is 0 Å². The maximum atomic E-state index is 9.95. The average molecular weight is 247 g/mol. The molecule has 0 saturated carbocycles.